The molecule has 0 aliphatic carbocycles. The Labute approximate surface area is 195 Å². The summed E-state index contributed by atoms with van der Waals surface area (Å²) >= 11 is 0. The minimum Gasteiger partial charge on any atom is -0.481 e. The molecule has 2 amide bonds. The van der Waals surface area contributed by atoms with Crippen molar-refractivity contribution in [1.29, 1.82) is 0 Å². The van der Waals surface area contributed by atoms with Crippen LogP contribution >= 0.6 is 0 Å². The Morgan fingerprint density at radius 1 is 0.941 bits per heavy atom. The molecule has 0 radical (unpaired) electrons. The molecule has 1 unspecified atom stereocenters. The fourth-order valence-electron chi connectivity index (χ4n) is 3.14. The number of methoxy groups -OCH3 is 1. The van der Waals surface area contributed by atoms with E-state index in [9.17, 15) is 29.4 Å². The molecule has 0 saturated heterocycles. The van der Waals surface area contributed by atoms with E-state index in [4.69, 9.17) is 9.84 Å². The Morgan fingerprint density at radius 3 is 2.24 bits per heavy atom. The van der Waals surface area contributed by atoms with Crippen molar-refractivity contribution in [1.82, 2.24) is 10.6 Å². The second-order valence-electron chi connectivity index (χ2n) is 7.29. The van der Waals surface area contributed by atoms with Gasteiger partial charge in [-0.25, -0.2) is 14.4 Å². The maximum absolute atomic E-state index is 12.9. The van der Waals surface area contributed by atoms with Crippen LogP contribution in [0, 0.1) is 0 Å². The summed E-state index contributed by atoms with van der Waals surface area (Å²) in [5.41, 5.74) is 0.999. The normalized spacial score (nSPS) is 12.2. The summed E-state index contributed by atoms with van der Waals surface area (Å²) in [5, 5.41) is 33.0. The molecule has 0 aromatic heterocycles. The van der Waals surface area contributed by atoms with Crippen LogP contribution in [0.1, 0.15) is 21.5 Å². The first-order valence-electron chi connectivity index (χ1n) is 10.2. The van der Waals surface area contributed by atoms with Crippen molar-refractivity contribution in [2.24, 2.45) is 0 Å². The number of nitrogens with one attached hydrogen (secondary N) is 2. The lowest BCUT2D eigenvalue weighted by Crippen LogP contribution is -2.52. The number of aliphatic hydroxyl groups is 1. The first-order valence-corrected chi connectivity index (χ1v) is 10.2. The molecule has 5 N–H and O–H groups in total. The van der Waals surface area contributed by atoms with Crippen molar-refractivity contribution < 1.29 is 44.0 Å². The van der Waals surface area contributed by atoms with E-state index in [-0.39, 0.29) is 24.2 Å². The number of hydrogen-bond acceptors (Lipinski definition) is 7. The van der Waals surface area contributed by atoms with Crippen LogP contribution in [0.25, 0.3) is 0 Å². The fraction of sp³-hybridized carbons (Fsp3) is 0.304. The summed E-state index contributed by atoms with van der Waals surface area (Å²) in [6.07, 6.45) is -0.545. The predicted octanol–water partition coefficient (Wildman–Crippen LogP) is 0.835. The van der Waals surface area contributed by atoms with Gasteiger partial charge in [-0.05, 0) is 29.7 Å². The molecule has 0 aliphatic rings. The molecule has 0 aliphatic heterocycles. The van der Waals surface area contributed by atoms with E-state index in [1.54, 1.807) is 24.3 Å². The molecular formula is C23H26N2O9. The van der Waals surface area contributed by atoms with Gasteiger partial charge in [0.1, 0.15) is 17.4 Å². The average molecular weight is 474 g/mol. The van der Waals surface area contributed by atoms with E-state index in [2.05, 4.69) is 15.4 Å². The van der Waals surface area contributed by atoms with Crippen LogP contribution in [-0.4, -0.2) is 71.7 Å². The van der Waals surface area contributed by atoms with Crippen LogP contribution in [0.2, 0.25) is 0 Å². The Balaban J connectivity index is 2.14. The topological polar surface area (TPSA) is 171 Å². The number of aromatic carboxylic acids is 1. The summed E-state index contributed by atoms with van der Waals surface area (Å²) in [6, 6.07) is 11.3. The Hall–Kier alpha value is -4.12. The van der Waals surface area contributed by atoms with Gasteiger partial charge in [-0.2, -0.15) is 0 Å². The van der Waals surface area contributed by atoms with Gasteiger partial charge < -0.3 is 35.4 Å². The van der Waals surface area contributed by atoms with E-state index in [1.165, 1.54) is 25.3 Å². The average Bonchev–Trinajstić information content (AvgIpc) is 2.82. The second-order valence-corrected chi connectivity index (χ2v) is 7.29. The van der Waals surface area contributed by atoms with E-state index in [0.717, 1.165) is 5.56 Å². The highest BCUT2D eigenvalue weighted by Crippen LogP contribution is 2.21. The summed E-state index contributed by atoms with van der Waals surface area (Å²) in [7, 11) is 1.17. The molecule has 0 saturated carbocycles. The van der Waals surface area contributed by atoms with Gasteiger partial charge in [0.05, 0.1) is 19.8 Å². The number of ether oxygens (including phenoxy) is 2. The Bertz CT molecular complexity index is 1010. The highest BCUT2D eigenvalue weighted by Gasteiger charge is 2.24. The smallest absolute Gasteiger partial charge is 0.407 e. The number of alkyl carbamates (subject to hydrolysis) is 1. The molecule has 11 heteroatoms. The third kappa shape index (κ3) is 8.10. The maximum Gasteiger partial charge on any atom is 0.407 e. The predicted molar refractivity (Wildman–Crippen MR) is 119 cm³/mol. The number of carbonyl (C=O) groups is 4. The van der Waals surface area contributed by atoms with Crippen LogP contribution in [0.5, 0.6) is 5.75 Å². The van der Waals surface area contributed by atoms with Crippen LogP contribution < -0.4 is 15.4 Å². The number of hydrogen-bond donors (Lipinski definition) is 5. The minimum atomic E-state index is -1.32. The first-order chi connectivity index (χ1) is 16.2. The van der Waals surface area contributed by atoms with Crippen molar-refractivity contribution in [2.45, 2.75) is 24.9 Å². The molecule has 2 aromatic carbocycles. The third-order valence-electron chi connectivity index (χ3n) is 4.75. The van der Waals surface area contributed by atoms with Crippen LogP contribution in [0.4, 0.5) is 4.79 Å². The van der Waals surface area contributed by atoms with E-state index in [0.29, 0.717) is 5.56 Å². The Morgan fingerprint density at radius 2 is 1.65 bits per heavy atom. The van der Waals surface area contributed by atoms with Crippen molar-refractivity contribution in [3.05, 3.63) is 65.2 Å². The fourth-order valence-corrected chi connectivity index (χ4v) is 3.14. The lowest BCUT2D eigenvalue weighted by atomic mass is 10.0. The van der Waals surface area contributed by atoms with Gasteiger partial charge in [0.2, 0.25) is 5.91 Å². The van der Waals surface area contributed by atoms with Gasteiger partial charge in [0, 0.05) is 6.42 Å². The van der Waals surface area contributed by atoms with Crippen LogP contribution in [0.15, 0.2) is 48.5 Å². The van der Waals surface area contributed by atoms with Crippen LogP contribution in [0.3, 0.4) is 0 Å². The standard InChI is InChI=1S/C23H26N2O9/c1-33-23(32)25-18(11-14-5-3-2-4-6-14)21(29)24-16(12-26)9-15-7-8-19(34-13-20(27)28)17(10-15)22(30)31/h2-8,10,16,18,26H,9,11-13H2,1H3,(H,24,29)(H,25,32)(H,27,28)(H,30,31)/t16-,18?/m0/s1. The number of benzene rings is 2. The second kappa shape index (κ2) is 12.8. The minimum absolute atomic E-state index is 0.0675. The van der Waals surface area contributed by atoms with Crippen LogP contribution in [-0.2, 0) is 27.2 Å². The number of carboxylic acid groups (broad SMARTS) is 2. The van der Waals surface area contributed by atoms with Gasteiger partial charge in [0.15, 0.2) is 6.61 Å². The van der Waals surface area contributed by atoms with Crippen molar-refractivity contribution in [3.8, 4) is 5.75 Å². The summed E-state index contributed by atoms with van der Waals surface area (Å²) in [4.78, 5) is 46.8. The molecule has 2 aromatic rings. The van der Waals surface area contributed by atoms with Gasteiger partial charge in [0.25, 0.3) is 0 Å². The number of aliphatic hydroxyl groups excluding tert-OH is 1. The first kappa shape index (κ1) is 26.1. The molecule has 0 heterocycles. The quantitative estimate of drug-likeness (QED) is 0.299. The van der Waals surface area contributed by atoms with Crippen molar-refractivity contribution >= 4 is 23.9 Å². The molecular weight excluding hydrogens is 448 g/mol. The van der Waals surface area contributed by atoms with Gasteiger partial charge in [-0.1, -0.05) is 36.4 Å². The number of aliphatic carboxylic acids is 1. The SMILES string of the molecule is COC(=O)NC(Cc1ccccc1)C(=O)N[C@H](CO)Cc1ccc(OCC(=O)O)c(C(=O)O)c1. The molecule has 0 spiro atoms. The summed E-state index contributed by atoms with van der Waals surface area (Å²) in [6.45, 7) is -1.16. The lowest BCUT2D eigenvalue weighted by Gasteiger charge is -2.22. The zero-order valence-corrected chi connectivity index (χ0v) is 18.4. The molecule has 0 fully saturated rings. The van der Waals surface area contributed by atoms with Crippen molar-refractivity contribution in [2.75, 3.05) is 20.3 Å². The van der Waals surface area contributed by atoms with E-state index in [1.807, 2.05) is 6.07 Å². The highest BCUT2D eigenvalue weighted by molar-refractivity contribution is 5.91. The largest absolute Gasteiger partial charge is 0.481 e. The van der Waals surface area contributed by atoms with E-state index >= 15 is 0 Å². The zero-order chi connectivity index (χ0) is 25.1. The zero-order valence-electron chi connectivity index (χ0n) is 18.4. The molecule has 2 atom stereocenters. The maximum atomic E-state index is 12.9. The molecule has 182 valence electrons. The third-order valence-corrected chi connectivity index (χ3v) is 4.75. The highest BCUT2D eigenvalue weighted by atomic mass is 16.5. The number of amides is 2. The molecule has 0 bridgehead atoms. The molecule has 2 rings (SSSR count). The summed E-state index contributed by atoms with van der Waals surface area (Å²) in [5.74, 6) is -3.26. The number of rotatable bonds is 12. The van der Waals surface area contributed by atoms with Gasteiger partial charge in [-0.15, -0.1) is 0 Å². The van der Waals surface area contributed by atoms with Gasteiger partial charge in [-0.3, -0.25) is 4.79 Å². The summed E-state index contributed by atoms with van der Waals surface area (Å²) < 4.78 is 9.59. The van der Waals surface area contributed by atoms with Crippen molar-refractivity contribution in [3.63, 3.8) is 0 Å². The molecule has 34 heavy (non-hydrogen) atoms. The van der Waals surface area contributed by atoms with Gasteiger partial charge >= 0.3 is 18.0 Å². The number of carboxylic acids is 2. The monoisotopic (exact) mass is 474 g/mol. The number of carbonyl (C=O) groups excluding carboxylic acids is 2. The molecule has 11 nitrogen and oxygen atoms in total. The lowest BCUT2D eigenvalue weighted by molar-refractivity contribution is -0.139. The Kier molecular flexibility index (Phi) is 9.84. The van der Waals surface area contributed by atoms with E-state index < -0.39 is 49.2 Å².